The summed E-state index contributed by atoms with van der Waals surface area (Å²) in [7, 11) is 0.767. The number of benzene rings is 2. The lowest BCUT2D eigenvalue weighted by Gasteiger charge is -2.12. The number of sulfonamides is 1. The Morgan fingerprint density at radius 2 is 1.66 bits per heavy atom. The van der Waals surface area contributed by atoms with Crippen LogP contribution in [0.1, 0.15) is 5.56 Å². The van der Waals surface area contributed by atoms with Gasteiger partial charge in [0.15, 0.2) is 23.0 Å². The maximum Gasteiger partial charge on any atom is 0.244 e. The molecule has 2 heterocycles. The molecule has 0 saturated heterocycles. The van der Waals surface area contributed by atoms with E-state index >= 15 is 0 Å². The average molecular weight is 500 g/mol. The minimum absolute atomic E-state index is 0.0315. The van der Waals surface area contributed by atoms with Crippen LogP contribution in [-0.2, 0) is 10.0 Å². The first-order valence-corrected chi connectivity index (χ1v) is 12.1. The van der Waals surface area contributed by atoms with Crippen LogP contribution in [0.2, 0.25) is 0 Å². The number of aromatic nitrogens is 4. The summed E-state index contributed by atoms with van der Waals surface area (Å²) in [5, 5.41) is 12.8. The number of rotatable bonds is 10. The molecule has 0 aliphatic heterocycles. The highest BCUT2D eigenvalue weighted by molar-refractivity contribution is 7.89. The summed E-state index contributed by atoms with van der Waals surface area (Å²) in [5.41, 5.74) is 2.14. The molecule has 1 N–H and O–H groups in total. The first kappa shape index (κ1) is 24.2. The van der Waals surface area contributed by atoms with Crippen LogP contribution in [0.15, 0.2) is 53.4 Å². The van der Waals surface area contributed by atoms with Gasteiger partial charge in [-0.05, 0) is 48.9 Å². The van der Waals surface area contributed by atoms with Gasteiger partial charge in [0.1, 0.15) is 17.3 Å². The lowest BCUT2D eigenvalue weighted by Crippen LogP contribution is -2.28. The van der Waals surface area contributed by atoms with Gasteiger partial charge in [-0.15, -0.1) is 15.3 Å². The Hall–Kier alpha value is -3.90. The smallest absolute Gasteiger partial charge is 0.244 e. The number of hydrogen-bond acceptors (Lipinski definition) is 9. The topological polar surface area (TPSA) is 126 Å². The van der Waals surface area contributed by atoms with E-state index in [1.165, 1.54) is 17.7 Å². The molecule has 2 aromatic heterocycles. The maximum atomic E-state index is 12.7. The zero-order chi connectivity index (χ0) is 25.0. The number of hydrogen-bond donors (Lipinski definition) is 1. The molecule has 0 aliphatic carbocycles. The van der Waals surface area contributed by atoms with Crippen molar-refractivity contribution in [2.45, 2.75) is 11.8 Å². The zero-order valence-corrected chi connectivity index (χ0v) is 20.5. The fourth-order valence-electron chi connectivity index (χ4n) is 3.41. The third-order valence-corrected chi connectivity index (χ3v) is 6.63. The summed E-state index contributed by atoms with van der Waals surface area (Å²) >= 11 is 0. The second-order valence-corrected chi connectivity index (χ2v) is 9.17. The van der Waals surface area contributed by atoms with Crippen molar-refractivity contribution in [1.29, 1.82) is 0 Å². The van der Waals surface area contributed by atoms with Crippen LogP contribution < -0.4 is 23.7 Å². The van der Waals surface area contributed by atoms with Crippen molar-refractivity contribution in [3.8, 4) is 34.5 Å². The van der Waals surface area contributed by atoms with E-state index in [0.29, 0.717) is 23.0 Å². The zero-order valence-electron chi connectivity index (χ0n) is 19.7. The van der Waals surface area contributed by atoms with Crippen molar-refractivity contribution in [2.24, 2.45) is 0 Å². The molecule has 0 bridgehead atoms. The predicted molar refractivity (Wildman–Crippen MR) is 128 cm³/mol. The Labute approximate surface area is 202 Å². The van der Waals surface area contributed by atoms with Crippen molar-refractivity contribution in [1.82, 2.24) is 24.5 Å². The van der Waals surface area contributed by atoms with E-state index in [1.54, 1.807) is 50.6 Å². The molecule has 35 heavy (non-hydrogen) atoms. The van der Waals surface area contributed by atoms with Gasteiger partial charge in [0.25, 0.3) is 0 Å². The van der Waals surface area contributed by atoms with Gasteiger partial charge in [-0.3, -0.25) is 0 Å². The maximum absolute atomic E-state index is 12.7. The first-order valence-electron chi connectivity index (χ1n) is 10.6. The largest absolute Gasteiger partial charge is 0.495 e. The Morgan fingerprint density at radius 1 is 0.886 bits per heavy atom. The van der Waals surface area contributed by atoms with E-state index in [-0.39, 0.29) is 29.7 Å². The van der Waals surface area contributed by atoms with Gasteiger partial charge in [-0.1, -0.05) is 6.07 Å². The van der Waals surface area contributed by atoms with Crippen LogP contribution >= 0.6 is 0 Å². The minimum Gasteiger partial charge on any atom is -0.495 e. The molecular formula is C23H25N5O6S. The highest BCUT2D eigenvalue weighted by atomic mass is 32.2. The normalized spacial score (nSPS) is 11.4. The Kier molecular flexibility index (Phi) is 7.03. The molecule has 0 amide bonds. The van der Waals surface area contributed by atoms with Gasteiger partial charge in [0, 0.05) is 18.2 Å². The average Bonchev–Trinajstić information content (AvgIpc) is 3.29. The Balaban J connectivity index is 1.46. The van der Waals surface area contributed by atoms with Gasteiger partial charge < -0.3 is 18.9 Å². The Bertz CT molecular complexity index is 1450. The second kappa shape index (κ2) is 10.2. The van der Waals surface area contributed by atoms with Gasteiger partial charge in [0.2, 0.25) is 15.9 Å². The van der Waals surface area contributed by atoms with Crippen LogP contribution in [0.4, 0.5) is 0 Å². The summed E-state index contributed by atoms with van der Waals surface area (Å²) in [6.45, 7) is 1.94. The number of methoxy groups -OCH3 is 3. The fraction of sp³-hybridized carbons (Fsp3) is 0.261. The van der Waals surface area contributed by atoms with Crippen LogP contribution in [0.25, 0.3) is 17.0 Å². The van der Waals surface area contributed by atoms with Crippen molar-refractivity contribution in [2.75, 3.05) is 34.5 Å². The van der Waals surface area contributed by atoms with Crippen LogP contribution in [0.5, 0.6) is 23.1 Å². The molecule has 2 aromatic carbocycles. The van der Waals surface area contributed by atoms with Crippen LogP contribution in [0.3, 0.4) is 0 Å². The third kappa shape index (κ3) is 5.12. The van der Waals surface area contributed by atoms with Crippen LogP contribution in [-0.4, -0.2) is 62.7 Å². The summed E-state index contributed by atoms with van der Waals surface area (Å²) in [6.07, 6.45) is 0. The van der Waals surface area contributed by atoms with Gasteiger partial charge in [0.05, 0.1) is 21.3 Å². The van der Waals surface area contributed by atoms with Crippen molar-refractivity contribution >= 4 is 15.7 Å². The molecule has 0 fully saturated rings. The lowest BCUT2D eigenvalue weighted by atomic mass is 10.2. The molecule has 4 rings (SSSR count). The van der Waals surface area contributed by atoms with Crippen molar-refractivity contribution in [3.63, 3.8) is 0 Å². The SMILES string of the molecule is COc1ccc(-c2nnc3ccc(OCCNS(=O)(=O)c4ccc(C)cc4OC)nn23)cc1OC. The standard InChI is InChI=1S/C23H25N5O6S/c1-15-5-8-20(19(13-15)33-4)35(29,30)24-11-12-34-22-10-9-21-25-26-23(28(21)27-22)16-6-7-17(31-2)18(14-16)32-3/h5-10,13-14,24H,11-12H2,1-4H3. The summed E-state index contributed by atoms with van der Waals surface area (Å²) in [5.74, 6) is 2.19. The highest BCUT2D eigenvalue weighted by Crippen LogP contribution is 2.31. The predicted octanol–water partition coefficient (Wildman–Crippen LogP) is 2.48. The molecule has 11 nitrogen and oxygen atoms in total. The molecule has 184 valence electrons. The Morgan fingerprint density at radius 3 is 2.40 bits per heavy atom. The molecule has 0 atom stereocenters. The van der Waals surface area contributed by atoms with E-state index < -0.39 is 10.0 Å². The van der Waals surface area contributed by atoms with Crippen molar-refractivity contribution < 1.29 is 27.4 Å². The molecule has 0 aliphatic rings. The molecule has 0 unspecified atom stereocenters. The van der Waals surface area contributed by atoms with Gasteiger partial charge >= 0.3 is 0 Å². The number of fused-ring (bicyclic) bond motifs is 1. The van der Waals surface area contributed by atoms with Crippen molar-refractivity contribution in [3.05, 3.63) is 54.1 Å². The number of ether oxygens (including phenoxy) is 4. The van der Waals surface area contributed by atoms with Gasteiger partial charge in [-0.25, -0.2) is 13.1 Å². The van der Waals surface area contributed by atoms with E-state index in [0.717, 1.165) is 11.1 Å². The molecule has 0 spiro atoms. The van der Waals surface area contributed by atoms with Crippen LogP contribution in [0, 0.1) is 6.92 Å². The third-order valence-electron chi connectivity index (χ3n) is 5.13. The molecule has 0 radical (unpaired) electrons. The van der Waals surface area contributed by atoms with E-state index in [1.807, 2.05) is 13.0 Å². The summed E-state index contributed by atoms with van der Waals surface area (Å²) in [6, 6.07) is 13.6. The number of nitrogens with one attached hydrogen (secondary N) is 1. The first-order chi connectivity index (χ1) is 16.9. The van der Waals surface area contributed by atoms with E-state index in [9.17, 15) is 8.42 Å². The summed E-state index contributed by atoms with van der Waals surface area (Å²) < 4.78 is 50.9. The molecule has 12 heteroatoms. The second-order valence-electron chi connectivity index (χ2n) is 7.44. The number of nitrogens with zero attached hydrogens (tertiary/aromatic N) is 4. The molecule has 4 aromatic rings. The van der Waals surface area contributed by atoms with E-state index in [2.05, 4.69) is 20.0 Å². The lowest BCUT2D eigenvalue weighted by molar-refractivity contribution is 0.305. The minimum atomic E-state index is -3.78. The summed E-state index contributed by atoms with van der Waals surface area (Å²) in [4.78, 5) is 0.0641. The van der Waals surface area contributed by atoms with E-state index in [4.69, 9.17) is 18.9 Å². The highest BCUT2D eigenvalue weighted by Gasteiger charge is 2.19. The fourth-order valence-corrected chi connectivity index (χ4v) is 4.57. The monoisotopic (exact) mass is 499 g/mol. The number of aryl methyl sites for hydroxylation is 1. The van der Waals surface area contributed by atoms with Gasteiger partial charge in [-0.2, -0.15) is 4.52 Å². The molecule has 0 saturated carbocycles. The molecular weight excluding hydrogens is 474 g/mol. The quantitative estimate of drug-likeness (QED) is 0.328.